The minimum atomic E-state index is 0.854. The summed E-state index contributed by atoms with van der Waals surface area (Å²) < 4.78 is 11.5. The molecule has 0 heterocycles. The molecule has 0 saturated carbocycles. The summed E-state index contributed by atoms with van der Waals surface area (Å²) >= 11 is 0. The number of methoxy groups -OCH3 is 2. The third kappa shape index (κ3) is 3.32. The van der Waals surface area contributed by atoms with E-state index in [9.17, 15) is 0 Å². The van der Waals surface area contributed by atoms with Crippen molar-refractivity contribution in [2.75, 3.05) is 14.2 Å². The number of aryl methyl sites for hydroxylation is 4. The number of ether oxygens (including phenoxy) is 2. The quantitative estimate of drug-likeness (QED) is 0.554. The third-order valence-corrected chi connectivity index (χ3v) is 4.87. The fourth-order valence-corrected chi connectivity index (χ4v) is 3.55. The summed E-state index contributed by atoms with van der Waals surface area (Å²) in [5.41, 5.74) is 9.39. The van der Waals surface area contributed by atoms with Crippen LogP contribution in [0.3, 0.4) is 0 Å². The van der Waals surface area contributed by atoms with Gasteiger partial charge in [-0.2, -0.15) is 0 Å². The Kier molecular flexibility index (Phi) is 5.03. The maximum absolute atomic E-state index is 5.75. The van der Waals surface area contributed by atoms with Crippen molar-refractivity contribution in [1.82, 2.24) is 0 Å². The lowest BCUT2D eigenvalue weighted by Gasteiger charge is -2.18. The van der Waals surface area contributed by atoms with Gasteiger partial charge in [0.1, 0.15) is 11.5 Å². The highest BCUT2D eigenvalue weighted by Gasteiger charge is 2.16. The van der Waals surface area contributed by atoms with Gasteiger partial charge in [-0.15, -0.1) is 0 Å². The van der Waals surface area contributed by atoms with E-state index >= 15 is 0 Å². The Bertz CT molecular complexity index is 875. The van der Waals surface area contributed by atoms with Gasteiger partial charge in [-0.1, -0.05) is 47.5 Å². The molecule has 0 spiro atoms. The maximum atomic E-state index is 5.75. The highest BCUT2D eigenvalue weighted by Crippen LogP contribution is 2.42. The van der Waals surface area contributed by atoms with Crippen LogP contribution >= 0.6 is 0 Å². The Labute approximate surface area is 156 Å². The van der Waals surface area contributed by atoms with Gasteiger partial charge in [-0.3, -0.25) is 0 Å². The van der Waals surface area contributed by atoms with E-state index in [1.54, 1.807) is 14.2 Å². The number of hydrogen-bond acceptors (Lipinski definition) is 2. The Morgan fingerprint density at radius 2 is 0.885 bits per heavy atom. The van der Waals surface area contributed by atoms with Gasteiger partial charge in [0.05, 0.1) is 14.2 Å². The van der Waals surface area contributed by atoms with E-state index in [4.69, 9.17) is 9.47 Å². The van der Waals surface area contributed by atoms with E-state index in [0.717, 1.165) is 33.8 Å². The van der Waals surface area contributed by atoms with Gasteiger partial charge < -0.3 is 9.47 Å². The monoisotopic (exact) mass is 346 g/mol. The first-order chi connectivity index (χ1) is 12.4. The Morgan fingerprint density at radius 1 is 0.500 bits per heavy atom. The van der Waals surface area contributed by atoms with Gasteiger partial charge in [0, 0.05) is 11.1 Å². The van der Waals surface area contributed by atoms with Crippen molar-refractivity contribution in [2.45, 2.75) is 27.7 Å². The topological polar surface area (TPSA) is 18.5 Å². The van der Waals surface area contributed by atoms with E-state index in [1.165, 1.54) is 22.3 Å². The Hall–Kier alpha value is -2.74. The smallest absolute Gasteiger partial charge is 0.127 e. The van der Waals surface area contributed by atoms with Gasteiger partial charge >= 0.3 is 0 Å². The molecule has 3 aromatic carbocycles. The zero-order valence-corrected chi connectivity index (χ0v) is 16.4. The fourth-order valence-electron chi connectivity index (χ4n) is 3.55. The van der Waals surface area contributed by atoms with Crippen LogP contribution in [-0.2, 0) is 0 Å². The van der Waals surface area contributed by atoms with Crippen molar-refractivity contribution in [2.24, 2.45) is 0 Å². The minimum absolute atomic E-state index is 0.854. The molecule has 0 aliphatic rings. The van der Waals surface area contributed by atoms with Crippen LogP contribution in [0.25, 0.3) is 22.3 Å². The van der Waals surface area contributed by atoms with E-state index < -0.39 is 0 Å². The van der Waals surface area contributed by atoms with E-state index in [0.29, 0.717) is 0 Å². The fraction of sp³-hybridized carbons (Fsp3) is 0.250. The molecule has 0 unspecified atom stereocenters. The second-order valence-electron chi connectivity index (χ2n) is 6.89. The van der Waals surface area contributed by atoms with Crippen LogP contribution in [0.2, 0.25) is 0 Å². The minimum Gasteiger partial charge on any atom is -0.496 e. The summed E-state index contributed by atoms with van der Waals surface area (Å²) in [6.45, 7) is 8.48. The van der Waals surface area contributed by atoms with Crippen LogP contribution in [0, 0.1) is 27.7 Å². The Morgan fingerprint density at radius 3 is 1.19 bits per heavy atom. The molecule has 0 saturated heterocycles. The van der Waals surface area contributed by atoms with Crippen molar-refractivity contribution < 1.29 is 9.47 Å². The largest absolute Gasteiger partial charge is 0.496 e. The standard InChI is InChI=1S/C24H26O2/c1-15-7-9-19(17(3)11-15)21-13-24(26-6)22(14-23(21)25-5)20-10-8-16(2)12-18(20)4/h7-14H,1-6H3. The molecule has 0 aliphatic heterocycles. The molecular weight excluding hydrogens is 320 g/mol. The van der Waals surface area contributed by atoms with Gasteiger partial charge in [0.25, 0.3) is 0 Å². The molecule has 0 bridgehead atoms. The summed E-state index contributed by atoms with van der Waals surface area (Å²) in [5, 5.41) is 0. The summed E-state index contributed by atoms with van der Waals surface area (Å²) in [6.07, 6.45) is 0. The van der Waals surface area contributed by atoms with Crippen LogP contribution < -0.4 is 9.47 Å². The predicted octanol–water partition coefficient (Wildman–Crippen LogP) is 6.27. The first-order valence-corrected chi connectivity index (χ1v) is 8.86. The van der Waals surface area contributed by atoms with E-state index in [1.807, 2.05) is 0 Å². The molecule has 2 nitrogen and oxygen atoms in total. The molecule has 0 N–H and O–H groups in total. The van der Waals surface area contributed by atoms with Crippen LogP contribution in [0.1, 0.15) is 22.3 Å². The molecule has 0 fully saturated rings. The average molecular weight is 346 g/mol. The molecule has 134 valence electrons. The van der Waals surface area contributed by atoms with Crippen LogP contribution in [0.5, 0.6) is 11.5 Å². The molecule has 0 radical (unpaired) electrons. The van der Waals surface area contributed by atoms with Crippen LogP contribution in [0.4, 0.5) is 0 Å². The van der Waals surface area contributed by atoms with E-state index in [2.05, 4.69) is 76.2 Å². The molecule has 0 aromatic heterocycles. The van der Waals surface area contributed by atoms with Crippen LogP contribution in [-0.4, -0.2) is 14.2 Å². The van der Waals surface area contributed by atoms with Crippen molar-refractivity contribution in [1.29, 1.82) is 0 Å². The van der Waals surface area contributed by atoms with E-state index in [-0.39, 0.29) is 0 Å². The highest BCUT2D eigenvalue weighted by molar-refractivity contribution is 5.83. The Balaban J connectivity index is 2.24. The lowest BCUT2D eigenvalue weighted by atomic mass is 9.93. The number of hydrogen-bond donors (Lipinski definition) is 0. The third-order valence-electron chi connectivity index (χ3n) is 4.87. The van der Waals surface area contributed by atoms with Gasteiger partial charge in [-0.05, 0) is 62.1 Å². The molecule has 26 heavy (non-hydrogen) atoms. The first kappa shape index (κ1) is 18.1. The van der Waals surface area contributed by atoms with Crippen molar-refractivity contribution in [3.8, 4) is 33.8 Å². The lowest BCUT2D eigenvalue weighted by Crippen LogP contribution is -1.96. The molecule has 3 rings (SSSR count). The molecule has 2 heteroatoms. The zero-order chi connectivity index (χ0) is 18.8. The van der Waals surface area contributed by atoms with Gasteiger partial charge in [-0.25, -0.2) is 0 Å². The van der Waals surface area contributed by atoms with Crippen molar-refractivity contribution in [3.05, 3.63) is 70.8 Å². The molecule has 0 aliphatic carbocycles. The van der Waals surface area contributed by atoms with Crippen molar-refractivity contribution >= 4 is 0 Å². The summed E-state index contributed by atoms with van der Waals surface area (Å²) in [4.78, 5) is 0. The average Bonchev–Trinajstić information content (AvgIpc) is 2.61. The second kappa shape index (κ2) is 7.25. The molecule has 0 atom stereocenters. The SMILES string of the molecule is COc1cc(-c2ccc(C)cc2C)c(OC)cc1-c1ccc(C)cc1C. The van der Waals surface area contributed by atoms with Crippen molar-refractivity contribution in [3.63, 3.8) is 0 Å². The molecule has 0 amide bonds. The summed E-state index contributed by atoms with van der Waals surface area (Å²) in [6, 6.07) is 17.1. The first-order valence-electron chi connectivity index (χ1n) is 8.86. The second-order valence-corrected chi connectivity index (χ2v) is 6.89. The summed E-state index contributed by atoms with van der Waals surface area (Å²) in [5.74, 6) is 1.71. The normalized spacial score (nSPS) is 10.7. The number of rotatable bonds is 4. The lowest BCUT2D eigenvalue weighted by molar-refractivity contribution is 0.406. The van der Waals surface area contributed by atoms with Crippen LogP contribution in [0.15, 0.2) is 48.5 Å². The number of benzene rings is 3. The summed E-state index contributed by atoms with van der Waals surface area (Å²) in [7, 11) is 3.45. The van der Waals surface area contributed by atoms with Gasteiger partial charge in [0.15, 0.2) is 0 Å². The van der Waals surface area contributed by atoms with Gasteiger partial charge in [0.2, 0.25) is 0 Å². The highest BCUT2D eigenvalue weighted by atomic mass is 16.5. The zero-order valence-electron chi connectivity index (χ0n) is 16.4. The predicted molar refractivity (Wildman–Crippen MR) is 109 cm³/mol. The maximum Gasteiger partial charge on any atom is 0.127 e. The molecular formula is C24H26O2. The molecule has 3 aromatic rings.